The number of aromatic nitrogens is 2. The van der Waals surface area contributed by atoms with Crippen LogP contribution in [0.5, 0.6) is 0 Å². The summed E-state index contributed by atoms with van der Waals surface area (Å²) >= 11 is 5.86. The number of hydrogen-bond acceptors (Lipinski definition) is 4. The Morgan fingerprint density at radius 3 is 2.85 bits per heavy atom. The number of furan rings is 1. The molecule has 0 aliphatic carbocycles. The van der Waals surface area contributed by atoms with Crippen molar-refractivity contribution in [2.75, 3.05) is 11.1 Å². The highest BCUT2D eigenvalue weighted by atomic mass is 35.5. The van der Waals surface area contributed by atoms with Crippen molar-refractivity contribution < 1.29 is 13.4 Å². The van der Waals surface area contributed by atoms with Gasteiger partial charge in [-0.1, -0.05) is 11.6 Å². The van der Waals surface area contributed by atoms with Gasteiger partial charge in [-0.3, -0.25) is 4.98 Å². The van der Waals surface area contributed by atoms with E-state index >= 15 is 0 Å². The van der Waals surface area contributed by atoms with Crippen LogP contribution < -0.4 is 15.6 Å². The van der Waals surface area contributed by atoms with E-state index in [2.05, 4.69) is 10.3 Å². The van der Waals surface area contributed by atoms with E-state index in [4.69, 9.17) is 21.8 Å². The summed E-state index contributed by atoms with van der Waals surface area (Å²) in [6, 6.07) is 10.1. The molecule has 0 aliphatic rings. The monoisotopic (exact) mass is 369 g/mol. The second kappa shape index (κ2) is 6.31. The first-order valence-electron chi connectivity index (χ1n) is 7.87. The third-order valence-electron chi connectivity index (χ3n) is 4.13. The van der Waals surface area contributed by atoms with Crippen LogP contribution in [-0.2, 0) is 7.05 Å². The molecule has 4 aromatic rings. The van der Waals surface area contributed by atoms with Crippen molar-refractivity contribution >= 4 is 39.8 Å². The molecule has 5 nitrogen and oxygen atoms in total. The van der Waals surface area contributed by atoms with Gasteiger partial charge in [-0.2, -0.15) is 4.57 Å². The van der Waals surface area contributed by atoms with E-state index in [0.29, 0.717) is 17.0 Å². The number of benzene rings is 1. The average molecular weight is 370 g/mol. The van der Waals surface area contributed by atoms with Gasteiger partial charge in [-0.15, -0.1) is 0 Å². The second-order valence-corrected chi connectivity index (χ2v) is 6.26. The number of nitrogens with two attached hydrogens (primary N) is 1. The van der Waals surface area contributed by atoms with Crippen molar-refractivity contribution in [3.63, 3.8) is 0 Å². The predicted molar refractivity (Wildman–Crippen MR) is 99.7 cm³/mol. The van der Waals surface area contributed by atoms with Crippen molar-refractivity contribution in [3.05, 3.63) is 65.8 Å². The highest BCUT2D eigenvalue weighted by molar-refractivity contribution is 6.31. The van der Waals surface area contributed by atoms with Crippen molar-refractivity contribution in [2.24, 2.45) is 7.05 Å². The zero-order valence-electron chi connectivity index (χ0n) is 13.8. The number of hydrogen-bond donors (Lipinski definition) is 2. The van der Waals surface area contributed by atoms with Gasteiger partial charge >= 0.3 is 0 Å². The maximum Gasteiger partial charge on any atom is 0.257 e. The molecule has 3 N–H and O–H groups in total. The molecule has 3 aromatic heterocycles. The molecule has 0 radical (unpaired) electrons. The van der Waals surface area contributed by atoms with Crippen LogP contribution in [-0.4, -0.2) is 4.98 Å². The van der Waals surface area contributed by atoms with E-state index in [9.17, 15) is 4.39 Å². The lowest BCUT2D eigenvalue weighted by Crippen LogP contribution is -2.30. The number of nitrogens with one attached hydrogen (secondary N) is 1. The molecule has 0 aliphatic heterocycles. The van der Waals surface area contributed by atoms with E-state index in [0.717, 1.165) is 16.6 Å². The van der Waals surface area contributed by atoms with Crippen LogP contribution >= 0.6 is 11.6 Å². The number of aryl methyl sites for hydroxylation is 1. The van der Waals surface area contributed by atoms with Crippen LogP contribution in [0.2, 0.25) is 5.02 Å². The van der Waals surface area contributed by atoms with E-state index < -0.39 is 5.82 Å². The summed E-state index contributed by atoms with van der Waals surface area (Å²) in [6.45, 7) is 0. The van der Waals surface area contributed by atoms with Crippen molar-refractivity contribution in [1.29, 1.82) is 0 Å². The van der Waals surface area contributed by atoms with Gasteiger partial charge in [0.2, 0.25) is 11.5 Å². The van der Waals surface area contributed by atoms with Crippen molar-refractivity contribution in [2.45, 2.75) is 0 Å². The molecule has 0 saturated carbocycles. The highest BCUT2D eigenvalue weighted by Gasteiger charge is 2.23. The Balaban J connectivity index is 1.87. The van der Waals surface area contributed by atoms with Crippen LogP contribution in [0, 0.1) is 5.82 Å². The Morgan fingerprint density at radius 2 is 2.12 bits per heavy atom. The van der Waals surface area contributed by atoms with E-state index in [1.165, 1.54) is 12.1 Å². The lowest BCUT2D eigenvalue weighted by molar-refractivity contribution is -0.659. The molecule has 0 atom stereocenters. The van der Waals surface area contributed by atoms with Gasteiger partial charge in [0.05, 0.1) is 16.0 Å². The summed E-state index contributed by atoms with van der Waals surface area (Å²) in [5, 5.41) is 4.00. The van der Waals surface area contributed by atoms with Gasteiger partial charge in [-0.05, 0) is 30.3 Å². The molecule has 4 rings (SSSR count). The quantitative estimate of drug-likeness (QED) is 0.524. The Bertz CT molecular complexity index is 1110. The predicted octanol–water partition coefficient (Wildman–Crippen LogP) is 4.44. The first kappa shape index (κ1) is 16.4. The first-order valence-corrected chi connectivity index (χ1v) is 8.25. The van der Waals surface area contributed by atoms with E-state index in [1.807, 2.05) is 36.0 Å². The zero-order valence-corrected chi connectivity index (χ0v) is 14.6. The summed E-state index contributed by atoms with van der Waals surface area (Å²) in [5.74, 6) is -0.245. The van der Waals surface area contributed by atoms with Gasteiger partial charge in [-0.25, -0.2) is 4.39 Å². The van der Waals surface area contributed by atoms with Crippen LogP contribution in [0.25, 0.3) is 22.2 Å². The fourth-order valence-electron chi connectivity index (χ4n) is 2.90. The average Bonchev–Trinajstić information content (AvgIpc) is 2.94. The Kier molecular flexibility index (Phi) is 3.97. The Morgan fingerprint density at radius 1 is 1.27 bits per heavy atom. The minimum absolute atomic E-state index is 0.0313. The lowest BCUT2D eigenvalue weighted by atomic mass is 10.1. The summed E-state index contributed by atoms with van der Waals surface area (Å²) in [5.41, 5.74) is 9.72. The molecule has 0 fully saturated rings. The zero-order chi connectivity index (χ0) is 18.3. The number of nitrogen functional groups attached to an aromatic ring is 1. The number of halogens is 2. The summed E-state index contributed by atoms with van der Waals surface area (Å²) < 4.78 is 21.2. The molecule has 7 heteroatoms. The van der Waals surface area contributed by atoms with Gasteiger partial charge < -0.3 is 15.5 Å². The summed E-state index contributed by atoms with van der Waals surface area (Å²) in [6.07, 6.45) is 5.40. The maximum absolute atomic E-state index is 13.4. The van der Waals surface area contributed by atoms with Crippen molar-refractivity contribution in [1.82, 2.24) is 4.98 Å². The largest absolute Gasteiger partial charge is 0.432 e. The number of fused-ring (bicyclic) bond motifs is 1. The lowest BCUT2D eigenvalue weighted by Gasteiger charge is -2.06. The normalized spacial score (nSPS) is 11.0. The molecular formula is C19H15ClFN4O+. The topological polar surface area (TPSA) is 68.0 Å². The Hall–Kier alpha value is -3.12. The first-order chi connectivity index (χ1) is 12.5. The van der Waals surface area contributed by atoms with E-state index in [1.54, 1.807) is 18.5 Å². The molecule has 0 saturated heterocycles. The number of pyridine rings is 2. The number of rotatable bonds is 3. The molecule has 26 heavy (non-hydrogen) atoms. The van der Waals surface area contributed by atoms with Crippen molar-refractivity contribution in [3.8, 4) is 11.3 Å². The highest BCUT2D eigenvalue weighted by Crippen LogP contribution is 2.38. The minimum atomic E-state index is -0.479. The summed E-state index contributed by atoms with van der Waals surface area (Å²) in [7, 11) is 1.92. The van der Waals surface area contributed by atoms with Gasteiger partial charge in [0, 0.05) is 24.1 Å². The minimum Gasteiger partial charge on any atom is -0.432 e. The molecular weight excluding hydrogens is 355 g/mol. The molecule has 1 aromatic carbocycles. The van der Waals surface area contributed by atoms with Gasteiger partial charge in [0.1, 0.15) is 18.6 Å². The van der Waals surface area contributed by atoms with E-state index in [-0.39, 0.29) is 10.9 Å². The van der Waals surface area contributed by atoms with Gasteiger partial charge in [0.15, 0.2) is 6.20 Å². The fraction of sp³-hybridized carbons (Fsp3) is 0.0526. The smallest absolute Gasteiger partial charge is 0.257 e. The molecule has 0 spiro atoms. The standard InChI is InChI=1S/C19H14ClFN4O/c1-25-8-6-13-16(24-12-4-5-15(21)14(20)9-12)19(22)26-18(13)17(25)11-3-2-7-23-10-11/h2-10,22,24H,1H3/p+1. The van der Waals surface area contributed by atoms with Crippen LogP contribution in [0.3, 0.4) is 0 Å². The molecule has 0 bridgehead atoms. The Labute approximate surface area is 153 Å². The molecule has 130 valence electrons. The summed E-state index contributed by atoms with van der Waals surface area (Å²) in [4.78, 5) is 4.17. The van der Waals surface area contributed by atoms with Crippen LogP contribution in [0.4, 0.5) is 21.6 Å². The SMILES string of the molecule is C[n+]1ccc2c(Nc3ccc(F)c(Cl)c3)c(N)oc2c1-c1cccnc1. The number of anilines is 3. The fourth-order valence-corrected chi connectivity index (χ4v) is 3.08. The number of nitrogens with zero attached hydrogens (tertiary/aromatic N) is 2. The molecule has 0 unspecified atom stereocenters. The molecule has 0 amide bonds. The third kappa shape index (κ3) is 2.74. The third-order valence-corrected chi connectivity index (χ3v) is 4.42. The van der Waals surface area contributed by atoms with Gasteiger partial charge in [0.25, 0.3) is 5.69 Å². The maximum atomic E-state index is 13.4. The van der Waals surface area contributed by atoms with Crippen LogP contribution in [0.1, 0.15) is 0 Å². The second-order valence-electron chi connectivity index (χ2n) is 5.85. The molecule has 3 heterocycles. The van der Waals surface area contributed by atoms with Crippen LogP contribution in [0.15, 0.2) is 59.4 Å².